The predicted octanol–water partition coefficient (Wildman–Crippen LogP) is 4.70. The van der Waals surface area contributed by atoms with E-state index >= 15 is 0 Å². The van der Waals surface area contributed by atoms with Crippen molar-refractivity contribution in [3.8, 4) is 10.6 Å². The number of halogens is 1. The van der Waals surface area contributed by atoms with Gasteiger partial charge < -0.3 is 9.47 Å². The molecule has 0 spiro atoms. The lowest BCUT2D eigenvalue weighted by atomic mass is 9.97. The summed E-state index contributed by atoms with van der Waals surface area (Å²) in [6.45, 7) is 5.57. The average Bonchev–Trinajstić information content (AvgIpc) is 3.09. The summed E-state index contributed by atoms with van der Waals surface area (Å²) in [4.78, 5) is 25.9. The fourth-order valence-corrected chi connectivity index (χ4v) is 3.69. The van der Waals surface area contributed by atoms with Crippen molar-refractivity contribution in [2.24, 2.45) is 5.41 Å². The van der Waals surface area contributed by atoms with E-state index in [2.05, 4.69) is 16.0 Å². The first-order valence-corrected chi connectivity index (χ1v) is 10.0. The molecule has 0 radical (unpaired) electrons. The second kappa shape index (κ2) is 8.51. The van der Waals surface area contributed by atoms with E-state index < -0.39 is 5.41 Å². The highest BCUT2D eigenvalue weighted by Gasteiger charge is 2.25. The second-order valence-corrected chi connectivity index (χ2v) is 8.78. The van der Waals surface area contributed by atoms with Crippen molar-refractivity contribution in [2.45, 2.75) is 39.9 Å². The molecule has 148 valence electrons. The van der Waals surface area contributed by atoms with Crippen LogP contribution in [0.3, 0.4) is 0 Å². The number of esters is 1. The van der Waals surface area contributed by atoms with E-state index in [0.29, 0.717) is 10.7 Å². The maximum Gasteiger partial charge on any atom is 0.311 e. The standard InChI is InChI=1S/C20H22ClN3O3S/c1-20(2,3)18(25)27-11-15-24-16(12-6-5-7-13(10-12)26-4)17(28-15)14-8-9-22-19(21)23-14/h5-6,8-10,13H,7,11H2,1-4H3. The molecule has 6 nitrogen and oxygen atoms in total. The van der Waals surface area contributed by atoms with E-state index in [9.17, 15) is 4.79 Å². The normalized spacial score (nSPS) is 16.8. The molecule has 3 rings (SSSR count). The molecule has 1 atom stereocenters. The predicted molar refractivity (Wildman–Crippen MR) is 110 cm³/mol. The summed E-state index contributed by atoms with van der Waals surface area (Å²) in [5.74, 6) is -0.271. The summed E-state index contributed by atoms with van der Waals surface area (Å²) in [5, 5.41) is 0.853. The molecule has 0 N–H and O–H groups in total. The summed E-state index contributed by atoms with van der Waals surface area (Å²) < 4.78 is 10.9. The highest BCUT2D eigenvalue weighted by atomic mass is 35.5. The molecule has 2 aromatic rings. The smallest absolute Gasteiger partial charge is 0.311 e. The van der Waals surface area contributed by atoms with Crippen molar-refractivity contribution in [1.82, 2.24) is 15.0 Å². The minimum Gasteiger partial charge on any atom is -0.458 e. The average molecular weight is 420 g/mol. The lowest BCUT2D eigenvalue weighted by molar-refractivity contribution is -0.154. The number of allylic oxidation sites excluding steroid dienone is 2. The van der Waals surface area contributed by atoms with E-state index in [1.165, 1.54) is 11.3 Å². The van der Waals surface area contributed by atoms with Gasteiger partial charge in [-0.15, -0.1) is 11.3 Å². The fraction of sp³-hybridized carbons (Fsp3) is 0.400. The number of thiazole rings is 1. The van der Waals surface area contributed by atoms with Gasteiger partial charge in [-0.2, -0.15) is 0 Å². The van der Waals surface area contributed by atoms with Gasteiger partial charge in [0.15, 0.2) is 0 Å². The van der Waals surface area contributed by atoms with Crippen LogP contribution in [0.1, 0.15) is 37.9 Å². The zero-order valence-electron chi connectivity index (χ0n) is 16.2. The van der Waals surface area contributed by atoms with Gasteiger partial charge in [0.1, 0.15) is 11.6 Å². The monoisotopic (exact) mass is 419 g/mol. The Morgan fingerprint density at radius 3 is 2.82 bits per heavy atom. The van der Waals surface area contributed by atoms with Crippen molar-refractivity contribution in [2.75, 3.05) is 7.11 Å². The number of nitrogens with zero attached hydrogens (tertiary/aromatic N) is 3. The largest absolute Gasteiger partial charge is 0.458 e. The third-order valence-corrected chi connectivity index (χ3v) is 5.31. The Morgan fingerprint density at radius 1 is 1.36 bits per heavy atom. The minimum atomic E-state index is -0.566. The highest BCUT2D eigenvalue weighted by Crippen LogP contribution is 2.36. The Balaban J connectivity index is 1.97. The van der Waals surface area contributed by atoms with Crippen LogP contribution < -0.4 is 0 Å². The Kier molecular flexibility index (Phi) is 6.27. The van der Waals surface area contributed by atoms with Crippen molar-refractivity contribution < 1.29 is 14.3 Å². The van der Waals surface area contributed by atoms with Gasteiger partial charge in [0.05, 0.1) is 27.8 Å². The van der Waals surface area contributed by atoms with E-state index in [4.69, 9.17) is 26.1 Å². The Bertz CT molecular complexity index is 931. The first kappa shape index (κ1) is 20.6. The molecule has 8 heteroatoms. The van der Waals surface area contributed by atoms with Gasteiger partial charge in [-0.05, 0) is 56.5 Å². The third-order valence-electron chi connectivity index (χ3n) is 4.08. The summed E-state index contributed by atoms with van der Waals surface area (Å²) in [5.41, 5.74) is 1.81. The number of ether oxygens (including phenoxy) is 2. The number of carbonyl (C=O) groups excluding carboxylic acids is 1. The molecule has 0 aromatic carbocycles. The molecule has 0 bridgehead atoms. The molecule has 0 amide bonds. The molecule has 1 unspecified atom stereocenters. The van der Waals surface area contributed by atoms with Crippen LogP contribution in [0.2, 0.25) is 5.28 Å². The van der Waals surface area contributed by atoms with Crippen LogP contribution in [-0.4, -0.2) is 34.1 Å². The molecule has 1 aliphatic rings. The first-order chi connectivity index (χ1) is 13.3. The van der Waals surface area contributed by atoms with Crippen LogP contribution in [0.5, 0.6) is 0 Å². The van der Waals surface area contributed by atoms with Gasteiger partial charge in [-0.25, -0.2) is 15.0 Å². The number of rotatable bonds is 5. The number of hydrogen-bond acceptors (Lipinski definition) is 7. The number of carbonyl (C=O) groups is 1. The van der Waals surface area contributed by atoms with Crippen LogP contribution in [0.25, 0.3) is 16.1 Å². The summed E-state index contributed by atoms with van der Waals surface area (Å²) in [6.07, 6.45) is 8.52. The lowest BCUT2D eigenvalue weighted by Crippen LogP contribution is -2.22. The molecule has 0 saturated carbocycles. The topological polar surface area (TPSA) is 74.2 Å². The van der Waals surface area contributed by atoms with Crippen LogP contribution in [-0.2, 0) is 20.9 Å². The number of aromatic nitrogens is 3. The Labute approximate surface area is 173 Å². The third kappa shape index (κ3) is 4.84. The first-order valence-electron chi connectivity index (χ1n) is 8.85. The maximum atomic E-state index is 12.1. The van der Waals surface area contributed by atoms with E-state index in [0.717, 1.165) is 22.6 Å². The number of hydrogen-bond donors (Lipinski definition) is 0. The highest BCUT2D eigenvalue weighted by molar-refractivity contribution is 7.15. The van der Waals surface area contributed by atoms with E-state index in [1.807, 2.05) is 32.9 Å². The van der Waals surface area contributed by atoms with Gasteiger partial charge in [0.2, 0.25) is 5.28 Å². The van der Waals surface area contributed by atoms with E-state index in [1.54, 1.807) is 19.4 Å². The van der Waals surface area contributed by atoms with Gasteiger partial charge in [0.25, 0.3) is 0 Å². The van der Waals surface area contributed by atoms with Crippen LogP contribution in [0.15, 0.2) is 30.5 Å². The molecule has 0 fully saturated rings. The molecule has 2 aromatic heterocycles. The quantitative estimate of drug-likeness (QED) is 0.516. The van der Waals surface area contributed by atoms with Crippen molar-refractivity contribution in [3.05, 3.63) is 46.5 Å². The van der Waals surface area contributed by atoms with Crippen molar-refractivity contribution >= 4 is 34.5 Å². The molecule has 2 heterocycles. The fourth-order valence-electron chi connectivity index (χ4n) is 2.58. The molecule has 28 heavy (non-hydrogen) atoms. The van der Waals surface area contributed by atoms with Crippen molar-refractivity contribution in [3.63, 3.8) is 0 Å². The Morgan fingerprint density at radius 2 is 2.14 bits per heavy atom. The number of methoxy groups -OCH3 is 1. The van der Waals surface area contributed by atoms with Gasteiger partial charge in [0, 0.05) is 13.3 Å². The lowest BCUT2D eigenvalue weighted by Gasteiger charge is -2.15. The van der Waals surface area contributed by atoms with Crippen molar-refractivity contribution in [1.29, 1.82) is 0 Å². The molecular formula is C20H22ClN3O3S. The molecule has 0 aliphatic heterocycles. The second-order valence-electron chi connectivity index (χ2n) is 7.36. The SMILES string of the molecule is COC1C=C(c2nc(COC(=O)C(C)(C)C)sc2-c2ccnc(Cl)n2)C=CC1. The minimum absolute atomic E-state index is 0.00861. The molecule has 1 aliphatic carbocycles. The summed E-state index contributed by atoms with van der Waals surface area (Å²) in [7, 11) is 1.68. The van der Waals surface area contributed by atoms with Gasteiger partial charge in [-0.3, -0.25) is 4.79 Å². The zero-order chi connectivity index (χ0) is 20.3. The zero-order valence-corrected chi connectivity index (χ0v) is 17.8. The maximum absolute atomic E-state index is 12.1. The molecular weight excluding hydrogens is 398 g/mol. The van der Waals surface area contributed by atoms with Crippen LogP contribution in [0.4, 0.5) is 0 Å². The summed E-state index contributed by atoms with van der Waals surface area (Å²) in [6, 6.07) is 1.79. The van der Waals surface area contributed by atoms with Crippen LogP contribution >= 0.6 is 22.9 Å². The van der Waals surface area contributed by atoms with Gasteiger partial charge >= 0.3 is 5.97 Å². The summed E-state index contributed by atoms with van der Waals surface area (Å²) >= 11 is 7.41. The van der Waals surface area contributed by atoms with Gasteiger partial charge in [-0.1, -0.05) is 12.2 Å². The van der Waals surface area contributed by atoms with Crippen LogP contribution in [0, 0.1) is 5.41 Å². The van der Waals surface area contributed by atoms with E-state index in [-0.39, 0.29) is 24.0 Å². The molecule has 0 saturated heterocycles. The Hall–Kier alpha value is -2.09.